The minimum atomic E-state index is -0.261. The number of anilines is 1. The van der Waals surface area contributed by atoms with Gasteiger partial charge in [0.25, 0.3) is 0 Å². The number of nitrogens with zero attached hydrogens (tertiary/aromatic N) is 2. The molecule has 0 atom stereocenters. The third kappa shape index (κ3) is 5.49. The molecule has 1 aromatic rings. The number of unbranched alkanes of at least 4 members (excludes halogenated alkanes) is 1. The second-order valence-electron chi connectivity index (χ2n) is 3.70. The first-order chi connectivity index (χ1) is 8.11. The van der Waals surface area contributed by atoms with Crippen molar-refractivity contribution in [1.29, 1.82) is 0 Å². The first kappa shape index (κ1) is 13.7. The van der Waals surface area contributed by atoms with Crippen LogP contribution in [0.4, 0.5) is 5.82 Å². The molecule has 0 saturated heterocycles. The number of hydrogen-bond acceptors (Lipinski definition) is 4. The van der Waals surface area contributed by atoms with E-state index in [0.717, 1.165) is 37.4 Å². The van der Waals surface area contributed by atoms with Gasteiger partial charge >= 0.3 is 0 Å². The van der Waals surface area contributed by atoms with Crippen LogP contribution in [-0.2, 0) is 11.2 Å². The van der Waals surface area contributed by atoms with E-state index in [4.69, 9.17) is 17.3 Å². The summed E-state index contributed by atoms with van der Waals surface area (Å²) in [6.45, 7) is 2.71. The van der Waals surface area contributed by atoms with Crippen molar-refractivity contribution in [1.82, 2.24) is 9.97 Å². The molecule has 0 aliphatic carbocycles. The number of carbonyl (C=O) groups is 1. The van der Waals surface area contributed by atoms with Gasteiger partial charge in [0.1, 0.15) is 16.8 Å². The van der Waals surface area contributed by atoms with Crippen LogP contribution in [0.5, 0.6) is 0 Å². The molecule has 0 bridgehead atoms. The van der Waals surface area contributed by atoms with Crippen LogP contribution in [0.1, 0.15) is 32.0 Å². The molecule has 0 unspecified atom stereocenters. The number of amides is 1. The Morgan fingerprint density at radius 1 is 1.47 bits per heavy atom. The van der Waals surface area contributed by atoms with E-state index in [9.17, 15) is 4.79 Å². The van der Waals surface area contributed by atoms with Gasteiger partial charge in [0, 0.05) is 25.5 Å². The Morgan fingerprint density at radius 2 is 2.24 bits per heavy atom. The van der Waals surface area contributed by atoms with Crippen molar-refractivity contribution in [2.45, 2.75) is 32.6 Å². The van der Waals surface area contributed by atoms with Gasteiger partial charge in [-0.25, -0.2) is 9.97 Å². The number of halogens is 1. The topological polar surface area (TPSA) is 80.9 Å². The molecule has 0 saturated carbocycles. The van der Waals surface area contributed by atoms with Gasteiger partial charge in [-0.15, -0.1) is 0 Å². The molecule has 1 heterocycles. The summed E-state index contributed by atoms with van der Waals surface area (Å²) < 4.78 is 0. The van der Waals surface area contributed by atoms with Crippen LogP contribution in [0, 0.1) is 0 Å². The molecular formula is C11H17ClN4O. The summed E-state index contributed by atoms with van der Waals surface area (Å²) in [5, 5.41) is 3.59. The van der Waals surface area contributed by atoms with Crippen LogP contribution in [0.3, 0.4) is 0 Å². The Balaban J connectivity index is 2.36. The minimum Gasteiger partial charge on any atom is -0.370 e. The van der Waals surface area contributed by atoms with Crippen molar-refractivity contribution in [2.24, 2.45) is 5.73 Å². The molecule has 0 aliphatic rings. The average molecular weight is 257 g/mol. The predicted octanol–water partition coefficient (Wildman–Crippen LogP) is 1.76. The number of aromatic nitrogens is 2. The van der Waals surface area contributed by atoms with Crippen molar-refractivity contribution in [3.05, 3.63) is 17.0 Å². The smallest absolute Gasteiger partial charge is 0.217 e. The highest BCUT2D eigenvalue weighted by molar-refractivity contribution is 6.29. The third-order valence-electron chi connectivity index (χ3n) is 2.21. The summed E-state index contributed by atoms with van der Waals surface area (Å²) >= 11 is 5.86. The Labute approximate surface area is 106 Å². The van der Waals surface area contributed by atoms with Crippen LogP contribution in [0.25, 0.3) is 0 Å². The van der Waals surface area contributed by atoms with E-state index >= 15 is 0 Å². The first-order valence-electron chi connectivity index (χ1n) is 5.67. The van der Waals surface area contributed by atoms with Crippen LogP contribution in [0.15, 0.2) is 6.07 Å². The van der Waals surface area contributed by atoms with Crippen molar-refractivity contribution in [2.75, 3.05) is 11.9 Å². The van der Waals surface area contributed by atoms with E-state index in [1.807, 2.05) is 6.92 Å². The van der Waals surface area contributed by atoms with Gasteiger partial charge in [-0.05, 0) is 12.8 Å². The molecule has 6 heteroatoms. The summed E-state index contributed by atoms with van der Waals surface area (Å²) in [5.74, 6) is 1.18. The quantitative estimate of drug-likeness (QED) is 0.575. The van der Waals surface area contributed by atoms with Gasteiger partial charge in [-0.1, -0.05) is 18.5 Å². The first-order valence-corrected chi connectivity index (χ1v) is 6.05. The van der Waals surface area contributed by atoms with E-state index in [1.165, 1.54) is 0 Å². The van der Waals surface area contributed by atoms with Gasteiger partial charge in [0.15, 0.2) is 0 Å². The Morgan fingerprint density at radius 3 is 2.88 bits per heavy atom. The van der Waals surface area contributed by atoms with Crippen LogP contribution in [0.2, 0.25) is 5.15 Å². The Kier molecular flexibility index (Phi) is 5.69. The van der Waals surface area contributed by atoms with E-state index < -0.39 is 0 Å². The molecule has 17 heavy (non-hydrogen) atoms. The van der Waals surface area contributed by atoms with Gasteiger partial charge in [0.2, 0.25) is 5.91 Å². The molecule has 0 aliphatic heterocycles. The standard InChI is InChI=1S/C11H17ClN4O/c1-2-10-15-8(12)7-11(16-10)14-6-4-3-5-9(13)17/h7H,2-6H2,1H3,(H2,13,17)(H,14,15,16). The summed E-state index contributed by atoms with van der Waals surface area (Å²) in [5.41, 5.74) is 5.05. The SMILES string of the molecule is CCc1nc(Cl)cc(NCCCCC(N)=O)n1. The summed E-state index contributed by atoms with van der Waals surface area (Å²) in [4.78, 5) is 18.9. The van der Waals surface area contributed by atoms with E-state index in [-0.39, 0.29) is 5.91 Å². The molecule has 3 N–H and O–H groups in total. The number of aryl methyl sites for hydroxylation is 1. The summed E-state index contributed by atoms with van der Waals surface area (Å²) in [6.07, 6.45) is 2.82. The van der Waals surface area contributed by atoms with E-state index in [1.54, 1.807) is 6.07 Å². The molecule has 94 valence electrons. The lowest BCUT2D eigenvalue weighted by Gasteiger charge is -2.06. The second kappa shape index (κ2) is 7.06. The van der Waals surface area contributed by atoms with Crippen molar-refractivity contribution in [3.63, 3.8) is 0 Å². The molecular weight excluding hydrogens is 240 g/mol. The van der Waals surface area contributed by atoms with Gasteiger partial charge in [-0.2, -0.15) is 0 Å². The maximum atomic E-state index is 10.5. The van der Waals surface area contributed by atoms with Crippen LogP contribution >= 0.6 is 11.6 Å². The second-order valence-corrected chi connectivity index (χ2v) is 4.08. The number of rotatable bonds is 7. The molecule has 0 aromatic carbocycles. The van der Waals surface area contributed by atoms with Gasteiger partial charge < -0.3 is 11.1 Å². The van der Waals surface area contributed by atoms with Crippen molar-refractivity contribution >= 4 is 23.3 Å². The fraction of sp³-hybridized carbons (Fsp3) is 0.545. The Bertz CT molecular complexity index is 384. The molecule has 5 nitrogen and oxygen atoms in total. The number of nitrogens with one attached hydrogen (secondary N) is 1. The van der Waals surface area contributed by atoms with Gasteiger partial charge in [-0.3, -0.25) is 4.79 Å². The maximum absolute atomic E-state index is 10.5. The number of hydrogen-bond donors (Lipinski definition) is 2. The third-order valence-corrected chi connectivity index (χ3v) is 2.41. The molecule has 0 radical (unpaired) electrons. The number of primary amides is 1. The molecule has 0 spiro atoms. The van der Waals surface area contributed by atoms with Crippen molar-refractivity contribution in [3.8, 4) is 0 Å². The molecule has 1 amide bonds. The number of carbonyl (C=O) groups excluding carboxylic acids is 1. The highest BCUT2D eigenvalue weighted by Crippen LogP contribution is 2.12. The predicted molar refractivity (Wildman–Crippen MR) is 68.0 cm³/mol. The fourth-order valence-corrected chi connectivity index (χ4v) is 1.55. The van der Waals surface area contributed by atoms with Crippen LogP contribution < -0.4 is 11.1 Å². The number of nitrogens with two attached hydrogens (primary N) is 1. The lowest BCUT2D eigenvalue weighted by Crippen LogP contribution is -2.11. The fourth-order valence-electron chi connectivity index (χ4n) is 1.35. The zero-order chi connectivity index (χ0) is 12.7. The largest absolute Gasteiger partial charge is 0.370 e. The zero-order valence-corrected chi connectivity index (χ0v) is 10.6. The van der Waals surface area contributed by atoms with Crippen LogP contribution in [-0.4, -0.2) is 22.4 Å². The normalized spacial score (nSPS) is 10.2. The lowest BCUT2D eigenvalue weighted by molar-refractivity contribution is -0.118. The summed E-state index contributed by atoms with van der Waals surface area (Å²) in [7, 11) is 0. The molecule has 1 rings (SSSR count). The summed E-state index contributed by atoms with van der Waals surface area (Å²) in [6, 6.07) is 1.69. The highest BCUT2D eigenvalue weighted by atomic mass is 35.5. The molecule has 0 fully saturated rings. The maximum Gasteiger partial charge on any atom is 0.217 e. The zero-order valence-electron chi connectivity index (χ0n) is 9.87. The van der Waals surface area contributed by atoms with Crippen molar-refractivity contribution < 1.29 is 4.79 Å². The average Bonchev–Trinajstić information content (AvgIpc) is 2.27. The van der Waals surface area contributed by atoms with E-state index in [0.29, 0.717) is 11.6 Å². The minimum absolute atomic E-state index is 0.261. The lowest BCUT2D eigenvalue weighted by atomic mass is 10.2. The molecule has 1 aromatic heterocycles. The van der Waals surface area contributed by atoms with E-state index in [2.05, 4.69) is 15.3 Å². The Hall–Kier alpha value is -1.36. The monoisotopic (exact) mass is 256 g/mol. The van der Waals surface area contributed by atoms with Gasteiger partial charge in [0.05, 0.1) is 0 Å². The highest BCUT2D eigenvalue weighted by Gasteiger charge is 2.01.